The normalized spacial score (nSPS) is 12.2. The fraction of sp³-hybridized carbons (Fsp3) is 0. The van der Waals surface area contributed by atoms with Crippen LogP contribution < -0.4 is 0 Å². The number of furan rings is 1. The highest BCUT2D eigenvalue weighted by Crippen LogP contribution is 2.45. The molecule has 0 atom stereocenters. The third kappa shape index (κ3) is 3.22. The largest absolute Gasteiger partial charge is 0.455 e. The lowest BCUT2D eigenvalue weighted by atomic mass is 9.88. The van der Waals surface area contributed by atoms with Gasteiger partial charge in [0.1, 0.15) is 11.2 Å². The molecule has 1 aromatic heterocycles. The molecule has 0 radical (unpaired) electrons. The summed E-state index contributed by atoms with van der Waals surface area (Å²) in [5.74, 6) is 0. The van der Waals surface area contributed by atoms with E-state index < -0.39 is 0 Å². The molecule has 0 fully saturated rings. The van der Waals surface area contributed by atoms with Crippen LogP contribution >= 0.6 is 0 Å². The summed E-state index contributed by atoms with van der Waals surface area (Å²) in [6.45, 7) is 0. The first-order valence-corrected chi connectivity index (χ1v) is 14.8. The van der Waals surface area contributed by atoms with Gasteiger partial charge in [-0.25, -0.2) is 0 Å². The van der Waals surface area contributed by atoms with Gasteiger partial charge in [0, 0.05) is 16.3 Å². The van der Waals surface area contributed by atoms with E-state index in [1.165, 1.54) is 75.9 Å². The van der Waals surface area contributed by atoms with E-state index in [0.29, 0.717) is 0 Å². The van der Waals surface area contributed by atoms with E-state index >= 15 is 0 Å². The van der Waals surface area contributed by atoms with Crippen LogP contribution in [0, 0.1) is 0 Å². The smallest absolute Gasteiger partial charge is 0.143 e. The number of benzene rings is 9. The fourth-order valence-electron chi connectivity index (χ4n) is 7.35. The molecule has 0 aliphatic rings. The molecule has 0 amide bonds. The van der Waals surface area contributed by atoms with Crippen molar-refractivity contribution in [1.82, 2.24) is 0 Å². The zero-order valence-corrected chi connectivity index (χ0v) is 23.3. The summed E-state index contributed by atoms with van der Waals surface area (Å²) in [4.78, 5) is 0. The maximum atomic E-state index is 6.80. The van der Waals surface area contributed by atoms with E-state index in [1.807, 2.05) is 0 Å². The van der Waals surface area contributed by atoms with Gasteiger partial charge in [0.25, 0.3) is 0 Å². The highest BCUT2D eigenvalue weighted by atomic mass is 16.3. The number of hydrogen-bond donors (Lipinski definition) is 0. The topological polar surface area (TPSA) is 13.1 Å². The van der Waals surface area contributed by atoms with Gasteiger partial charge >= 0.3 is 0 Å². The molecule has 0 aliphatic carbocycles. The third-order valence-electron chi connectivity index (χ3n) is 9.36. The lowest BCUT2D eigenvalue weighted by molar-refractivity contribution is 0.670. The van der Waals surface area contributed by atoms with Crippen molar-refractivity contribution in [3.63, 3.8) is 0 Å². The molecular formula is C42H24O. The van der Waals surface area contributed by atoms with Gasteiger partial charge in [-0.2, -0.15) is 0 Å². The summed E-state index contributed by atoms with van der Waals surface area (Å²) in [6, 6.07) is 53.2. The first kappa shape index (κ1) is 23.0. The van der Waals surface area contributed by atoms with Crippen molar-refractivity contribution < 1.29 is 4.42 Å². The summed E-state index contributed by atoms with van der Waals surface area (Å²) in [5, 5.41) is 15.0. The van der Waals surface area contributed by atoms with Crippen molar-refractivity contribution in [2.75, 3.05) is 0 Å². The van der Waals surface area contributed by atoms with Crippen molar-refractivity contribution in [2.24, 2.45) is 0 Å². The van der Waals surface area contributed by atoms with Gasteiger partial charge < -0.3 is 4.42 Å². The molecule has 1 heterocycles. The van der Waals surface area contributed by atoms with Crippen LogP contribution in [0.1, 0.15) is 0 Å². The Hall–Kier alpha value is -5.66. The van der Waals surface area contributed by atoms with Crippen LogP contribution in [0.3, 0.4) is 0 Å². The van der Waals surface area contributed by atoms with Crippen LogP contribution in [0.2, 0.25) is 0 Å². The first-order chi connectivity index (χ1) is 21.3. The molecule has 10 rings (SSSR count). The lowest BCUT2D eigenvalue weighted by Gasteiger charge is -2.15. The SMILES string of the molecule is c1ccc2cc(-c3cc(-c4ccc5ccc6cccc7ccc4c5c67)c4oc5ccc6ccccc6c5c4c3)ccc2c1. The number of fused-ring (bicyclic) bond motifs is 6. The maximum Gasteiger partial charge on any atom is 0.143 e. The highest BCUT2D eigenvalue weighted by molar-refractivity contribution is 6.27. The van der Waals surface area contributed by atoms with Crippen molar-refractivity contribution >= 4 is 75.8 Å². The Balaban J connectivity index is 1.36. The van der Waals surface area contributed by atoms with Crippen LogP contribution in [0.25, 0.3) is 98.1 Å². The Morgan fingerprint density at radius 3 is 1.88 bits per heavy atom. The van der Waals surface area contributed by atoms with Crippen LogP contribution in [0.5, 0.6) is 0 Å². The second-order valence-corrected chi connectivity index (χ2v) is 11.7. The number of hydrogen-bond acceptors (Lipinski definition) is 1. The van der Waals surface area contributed by atoms with E-state index in [1.54, 1.807) is 0 Å². The second kappa shape index (κ2) is 8.44. The average molecular weight is 545 g/mol. The molecule has 1 heteroatoms. The van der Waals surface area contributed by atoms with Gasteiger partial charge in [-0.3, -0.25) is 0 Å². The van der Waals surface area contributed by atoms with Crippen molar-refractivity contribution in [3.05, 3.63) is 146 Å². The van der Waals surface area contributed by atoms with E-state index in [9.17, 15) is 0 Å². The predicted octanol–water partition coefficient (Wildman–Crippen LogP) is 12.1. The maximum absolute atomic E-state index is 6.80. The Morgan fingerprint density at radius 1 is 0.326 bits per heavy atom. The summed E-state index contributed by atoms with van der Waals surface area (Å²) in [6.07, 6.45) is 0. The van der Waals surface area contributed by atoms with Crippen LogP contribution in [0.4, 0.5) is 0 Å². The lowest BCUT2D eigenvalue weighted by Crippen LogP contribution is -1.89. The Morgan fingerprint density at radius 2 is 1.00 bits per heavy atom. The highest BCUT2D eigenvalue weighted by Gasteiger charge is 2.20. The minimum absolute atomic E-state index is 0.920. The molecule has 9 aromatic carbocycles. The second-order valence-electron chi connectivity index (χ2n) is 11.7. The minimum Gasteiger partial charge on any atom is -0.455 e. The molecule has 0 unspecified atom stereocenters. The zero-order valence-electron chi connectivity index (χ0n) is 23.3. The molecule has 0 saturated carbocycles. The molecule has 0 saturated heterocycles. The first-order valence-electron chi connectivity index (χ1n) is 14.8. The van der Waals surface area contributed by atoms with Crippen molar-refractivity contribution in [1.29, 1.82) is 0 Å². The van der Waals surface area contributed by atoms with Crippen molar-refractivity contribution in [3.8, 4) is 22.3 Å². The molecule has 10 aromatic rings. The van der Waals surface area contributed by atoms with Gasteiger partial charge in [-0.1, -0.05) is 121 Å². The quantitative estimate of drug-likeness (QED) is 0.197. The van der Waals surface area contributed by atoms with E-state index in [2.05, 4.69) is 146 Å². The van der Waals surface area contributed by atoms with Crippen molar-refractivity contribution in [2.45, 2.75) is 0 Å². The summed E-state index contributed by atoms with van der Waals surface area (Å²) >= 11 is 0. The van der Waals surface area contributed by atoms with Crippen LogP contribution in [-0.4, -0.2) is 0 Å². The number of rotatable bonds is 2. The summed E-state index contributed by atoms with van der Waals surface area (Å²) < 4.78 is 6.80. The summed E-state index contributed by atoms with van der Waals surface area (Å²) in [5.41, 5.74) is 6.57. The van der Waals surface area contributed by atoms with E-state index in [0.717, 1.165) is 22.1 Å². The van der Waals surface area contributed by atoms with Gasteiger partial charge in [-0.05, 0) is 94.8 Å². The molecule has 198 valence electrons. The van der Waals surface area contributed by atoms with Crippen LogP contribution in [0.15, 0.2) is 150 Å². The fourth-order valence-corrected chi connectivity index (χ4v) is 7.35. The zero-order chi connectivity index (χ0) is 28.1. The predicted molar refractivity (Wildman–Crippen MR) is 183 cm³/mol. The standard InChI is InChI=1S/C42H24O/c1-2-8-30-22-31(15-12-25(30)6-1)32-23-36(42-37(24-32)41-33-11-4-3-7-26(33)18-21-38(41)43-42)34-19-16-29-14-13-27-9-5-10-28-17-20-35(34)40(29)39(27)28/h1-24H. The molecule has 0 spiro atoms. The Labute approximate surface area is 247 Å². The molecular weight excluding hydrogens is 520 g/mol. The van der Waals surface area contributed by atoms with Gasteiger partial charge in [-0.15, -0.1) is 0 Å². The van der Waals surface area contributed by atoms with Crippen LogP contribution in [-0.2, 0) is 0 Å². The van der Waals surface area contributed by atoms with E-state index in [4.69, 9.17) is 4.42 Å². The van der Waals surface area contributed by atoms with Gasteiger partial charge in [0.2, 0.25) is 0 Å². The Kier molecular flexibility index (Phi) is 4.51. The van der Waals surface area contributed by atoms with Gasteiger partial charge in [0.15, 0.2) is 0 Å². The monoisotopic (exact) mass is 544 g/mol. The third-order valence-corrected chi connectivity index (χ3v) is 9.36. The molecule has 43 heavy (non-hydrogen) atoms. The molecule has 0 bridgehead atoms. The molecule has 0 N–H and O–H groups in total. The average Bonchev–Trinajstić information content (AvgIpc) is 3.46. The minimum atomic E-state index is 0.920. The molecule has 0 aliphatic heterocycles. The summed E-state index contributed by atoms with van der Waals surface area (Å²) in [7, 11) is 0. The Bertz CT molecular complexity index is 2710. The van der Waals surface area contributed by atoms with Gasteiger partial charge in [0.05, 0.1) is 0 Å². The molecule has 1 nitrogen and oxygen atoms in total. The van der Waals surface area contributed by atoms with E-state index in [-0.39, 0.29) is 0 Å².